The van der Waals surface area contributed by atoms with E-state index >= 15 is 0 Å². The predicted molar refractivity (Wildman–Crippen MR) is 79.6 cm³/mol. The van der Waals surface area contributed by atoms with Crippen molar-refractivity contribution in [2.45, 2.75) is 25.3 Å². The van der Waals surface area contributed by atoms with Gasteiger partial charge in [-0.15, -0.1) is 0 Å². The Kier molecular flexibility index (Phi) is 7.05. The molecule has 1 amide bonds. The highest BCUT2D eigenvalue weighted by molar-refractivity contribution is 9.10. The number of aliphatic hydroxyl groups is 1. The van der Waals surface area contributed by atoms with E-state index in [0.717, 1.165) is 35.8 Å². The van der Waals surface area contributed by atoms with Gasteiger partial charge in [0.2, 0.25) is 5.91 Å². The summed E-state index contributed by atoms with van der Waals surface area (Å²) < 4.78 is 0.935. The average Bonchev–Trinajstić information content (AvgIpc) is 2.34. The van der Waals surface area contributed by atoms with Gasteiger partial charge in [0.25, 0.3) is 0 Å². The lowest BCUT2D eigenvalue weighted by Crippen LogP contribution is -2.35. The molecule has 1 atom stereocenters. The first-order valence-electron chi connectivity index (χ1n) is 6.42. The zero-order chi connectivity index (χ0) is 14.3. The van der Waals surface area contributed by atoms with Gasteiger partial charge < -0.3 is 10.8 Å². The molecule has 1 aromatic rings. The highest BCUT2D eigenvalue weighted by atomic mass is 79.9. The molecule has 0 heterocycles. The summed E-state index contributed by atoms with van der Waals surface area (Å²) in [4.78, 5) is 13.6. The molecule has 0 bridgehead atoms. The largest absolute Gasteiger partial charge is 0.396 e. The molecule has 1 unspecified atom stereocenters. The lowest BCUT2D eigenvalue weighted by atomic mass is 10.0. The molecule has 4 nitrogen and oxygen atoms in total. The van der Waals surface area contributed by atoms with E-state index in [-0.39, 0.29) is 12.5 Å². The fraction of sp³-hybridized carbons (Fsp3) is 0.500. The second-order valence-electron chi connectivity index (χ2n) is 4.62. The van der Waals surface area contributed by atoms with Crippen molar-refractivity contribution in [1.82, 2.24) is 4.90 Å². The average molecular weight is 329 g/mol. The van der Waals surface area contributed by atoms with Crippen LogP contribution in [0.25, 0.3) is 0 Å². The summed E-state index contributed by atoms with van der Waals surface area (Å²) >= 11 is 3.40. The highest BCUT2D eigenvalue weighted by Gasteiger charge is 2.22. The highest BCUT2D eigenvalue weighted by Crippen LogP contribution is 2.22. The Hall–Kier alpha value is -0.910. The number of carbonyl (C=O) groups excluding carboxylic acids is 1. The minimum Gasteiger partial charge on any atom is -0.396 e. The zero-order valence-corrected chi connectivity index (χ0v) is 12.8. The summed E-state index contributed by atoms with van der Waals surface area (Å²) in [5, 5.41) is 8.74. The Balaban J connectivity index is 2.69. The van der Waals surface area contributed by atoms with Crippen LogP contribution in [0, 0.1) is 0 Å². The first-order valence-corrected chi connectivity index (χ1v) is 7.21. The summed E-state index contributed by atoms with van der Waals surface area (Å²) in [5.41, 5.74) is 6.41. The van der Waals surface area contributed by atoms with Crippen LogP contribution in [0.3, 0.4) is 0 Å². The van der Waals surface area contributed by atoms with Gasteiger partial charge in [-0.05, 0) is 50.6 Å². The summed E-state index contributed by atoms with van der Waals surface area (Å²) in [6, 6.07) is 7.23. The number of halogens is 1. The fourth-order valence-electron chi connectivity index (χ4n) is 2.09. The monoisotopic (exact) mass is 328 g/mol. The molecule has 19 heavy (non-hydrogen) atoms. The Bertz CT molecular complexity index is 412. The van der Waals surface area contributed by atoms with Gasteiger partial charge in [0.1, 0.15) is 6.04 Å². The topological polar surface area (TPSA) is 66.6 Å². The molecular weight excluding hydrogens is 308 g/mol. The zero-order valence-electron chi connectivity index (χ0n) is 11.2. The minimum absolute atomic E-state index is 0.217. The molecular formula is C14H21BrN2O2. The molecule has 0 spiro atoms. The summed E-state index contributed by atoms with van der Waals surface area (Å²) in [6.07, 6.45) is 2.69. The number of primary amides is 1. The van der Waals surface area contributed by atoms with Crippen molar-refractivity contribution >= 4 is 21.8 Å². The van der Waals surface area contributed by atoms with Crippen molar-refractivity contribution in [3.63, 3.8) is 0 Å². The van der Waals surface area contributed by atoms with Crippen LogP contribution in [0.15, 0.2) is 28.7 Å². The van der Waals surface area contributed by atoms with E-state index in [1.54, 1.807) is 0 Å². The Labute approximate surface area is 122 Å². The maximum absolute atomic E-state index is 11.7. The van der Waals surface area contributed by atoms with Crippen LogP contribution in [0.1, 0.15) is 30.9 Å². The smallest absolute Gasteiger partial charge is 0.239 e. The number of amides is 1. The van der Waals surface area contributed by atoms with Gasteiger partial charge in [-0.2, -0.15) is 0 Å². The summed E-state index contributed by atoms with van der Waals surface area (Å²) in [5.74, 6) is -0.345. The molecule has 0 saturated heterocycles. The first kappa shape index (κ1) is 16.1. The molecule has 106 valence electrons. The molecule has 0 radical (unpaired) electrons. The summed E-state index contributed by atoms with van der Waals surface area (Å²) in [7, 11) is 1.90. The molecule has 0 fully saturated rings. The van der Waals surface area contributed by atoms with Crippen molar-refractivity contribution in [2.75, 3.05) is 20.2 Å². The number of aliphatic hydroxyl groups excluding tert-OH is 1. The van der Waals surface area contributed by atoms with Crippen LogP contribution in [0.4, 0.5) is 0 Å². The molecule has 0 aliphatic heterocycles. The first-order chi connectivity index (χ1) is 9.06. The molecule has 1 rings (SSSR count). The van der Waals surface area contributed by atoms with E-state index in [4.69, 9.17) is 10.8 Å². The lowest BCUT2D eigenvalue weighted by Gasteiger charge is -2.26. The number of rotatable bonds is 8. The van der Waals surface area contributed by atoms with Gasteiger partial charge in [0.15, 0.2) is 0 Å². The quantitative estimate of drug-likeness (QED) is 0.718. The Morgan fingerprint density at radius 1 is 1.42 bits per heavy atom. The molecule has 3 N–H and O–H groups in total. The van der Waals surface area contributed by atoms with Crippen LogP contribution >= 0.6 is 15.9 Å². The minimum atomic E-state index is -0.411. The lowest BCUT2D eigenvalue weighted by molar-refractivity contribution is -0.123. The van der Waals surface area contributed by atoms with Crippen LogP contribution in [-0.2, 0) is 4.79 Å². The van der Waals surface area contributed by atoms with E-state index in [9.17, 15) is 4.79 Å². The van der Waals surface area contributed by atoms with E-state index in [0.29, 0.717) is 0 Å². The van der Waals surface area contributed by atoms with Gasteiger partial charge in [0.05, 0.1) is 0 Å². The van der Waals surface area contributed by atoms with Crippen molar-refractivity contribution < 1.29 is 9.90 Å². The van der Waals surface area contributed by atoms with E-state index in [2.05, 4.69) is 15.9 Å². The van der Waals surface area contributed by atoms with Gasteiger partial charge >= 0.3 is 0 Å². The number of hydrogen-bond acceptors (Lipinski definition) is 3. The van der Waals surface area contributed by atoms with Gasteiger partial charge in [-0.25, -0.2) is 0 Å². The molecule has 5 heteroatoms. The van der Waals surface area contributed by atoms with Gasteiger partial charge in [-0.3, -0.25) is 9.69 Å². The van der Waals surface area contributed by atoms with E-state index in [1.165, 1.54) is 0 Å². The van der Waals surface area contributed by atoms with Crippen molar-refractivity contribution in [3.05, 3.63) is 34.3 Å². The SMILES string of the molecule is CN(CCCCCO)C(C(N)=O)c1cccc(Br)c1. The van der Waals surface area contributed by atoms with Crippen LogP contribution in [-0.4, -0.2) is 36.1 Å². The number of benzene rings is 1. The van der Waals surface area contributed by atoms with Crippen molar-refractivity contribution in [3.8, 4) is 0 Å². The summed E-state index contributed by atoms with van der Waals surface area (Å²) in [6.45, 7) is 0.995. The molecule has 1 aromatic carbocycles. The van der Waals surface area contributed by atoms with Crippen molar-refractivity contribution in [2.24, 2.45) is 5.73 Å². The predicted octanol–water partition coefficient (Wildman–Crippen LogP) is 2.07. The number of hydrogen-bond donors (Lipinski definition) is 2. The molecule has 0 aliphatic rings. The van der Waals surface area contributed by atoms with Crippen molar-refractivity contribution in [1.29, 1.82) is 0 Å². The van der Waals surface area contributed by atoms with Gasteiger partial charge in [0, 0.05) is 11.1 Å². The second-order valence-corrected chi connectivity index (χ2v) is 5.54. The number of likely N-dealkylation sites (N-methyl/N-ethyl adjacent to an activating group) is 1. The van der Waals surface area contributed by atoms with Crippen LogP contribution in [0.5, 0.6) is 0 Å². The Morgan fingerprint density at radius 3 is 2.74 bits per heavy atom. The number of carbonyl (C=O) groups is 1. The van der Waals surface area contributed by atoms with E-state index in [1.807, 2.05) is 36.2 Å². The molecule has 0 saturated carbocycles. The fourth-order valence-corrected chi connectivity index (χ4v) is 2.51. The maximum Gasteiger partial charge on any atom is 0.239 e. The number of unbranched alkanes of at least 4 members (excludes halogenated alkanes) is 2. The third-order valence-corrected chi connectivity index (χ3v) is 3.54. The standard InChI is InChI=1S/C14H21BrN2O2/c1-17(8-3-2-4-9-18)13(14(16)19)11-6-5-7-12(15)10-11/h5-7,10,13,18H,2-4,8-9H2,1H3,(H2,16,19). The number of nitrogens with zero attached hydrogens (tertiary/aromatic N) is 1. The van der Waals surface area contributed by atoms with Crippen LogP contribution in [0.2, 0.25) is 0 Å². The Morgan fingerprint density at radius 2 is 2.16 bits per heavy atom. The molecule has 0 aliphatic carbocycles. The maximum atomic E-state index is 11.7. The van der Waals surface area contributed by atoms with Crippen LogP contribution < -0.4 is 5.73 Å². The molecule has 0 aromatic heterocycles. The van der Waals surface area contributed by atoms with Gasteiger partial charge in [-0.1, -0.05) is 28.1 Å². The second kappa shape index (κ2) is 8.30. The van der Waals surface area contributed by atoms with E-state index < -0.39 is 6.04 Å². The number of nitrogens with two attached hydrogens (primary N) is 1. The normalized spacial score (nSPS) is 12.6. The third-order valence-electron chi connectivity index (χ3n) is 3.04. The third kappa shape index (κ3) is 5.30.